The molecule has 0 radical (unpaired) electrons. The van der Waals surface area contributed by atoms with Gasteiger partial charge in [-0.25, -0.2) is 0 Å². The monoisotopic (exact) mass is 252 g/mol. The average molecular weight is 253 g/mol. The molecule has 0 aliphatic carbocycles. The summed E-state index contributed by atoms with van der Waals surface area (Å²) >= 11 is 3.37. The van der Waals surface area contributed by atoms with Crippen molar-refractivity contribution in [1.82, 2.24) is 5.16 Å². The fourth-order valence-corrected chi connectivity index (χ4v) is 1.42. The van der Waals surface area contributed by atoms with E-state index >= 15 is 0 Å². The standard InChI is InChI=1S/C10H9BrN2O/c11-8-3-1-7(2-4-8)10-5-9(6-12)13-14-10/h1-5H,6,12H2. The highest BCUT2D eigenvalue weighted by Crippen LogP contribution is 2.22. The summed E-state index contributed by atoms with van der Waals surface area (Å²) in [7, 11) is 0. The van der Waals surface area contributed by atoms with Gasteiger partial charge in [-0.15, -0.1) is 0 Å². The Morgan fingerprint density at radius 3 is 2.57 bits per heavy atom. The summed E-state index contributed by atoms with van der Waals surface area (Å²) in [5.74, 6) is 0.748. The molecule has 3 nitrogen and oxygen atoms in total. The van der Waals surface area contributed by atoms with E-state index < -0.39 is 0 Å². The number of halogens is 1. The number of hydrogen-bond acceptors (Lipinski definition) is 3. The first-order valence-corrected chi connectivity index (χ1v) is 5.00. The lowest BCUT2D eigenvalue weighted by Crippen LogP contribution is -1.94. The van der Waals surface area contributed by atoms with E-state index in [1.165, 1.54) is 0 Å². The van der Waals surface area contributed by atoms with Crippen LogP contribution < -0.4 is 5.73 Å². The summed E-state index contributed by atoms with van der Waals surface area (Å²) in [6, 6.07) is 9.69. The second-order valence-corrected chi connectivity index (χ2v) is 3.81. The maximum absolute atomic E-state index is 5.44. The Bertz CT molecular complexity index is 422. The van der Waals surface area contributed by atoms with Crippen LogP contribution in [-0.2, 0) is 6.54 Å². The molecule has 1 aromatic heterocycles. The Kier molecular flexibility index (Phi) is 2.65. The van der Waals surface area contributed by atoms with E-state index in [0.717, 1.165) is 21.5 Å². The molecule has 0 aliphatic heterocycles. The lowest BCUT2D eigenvalue weighted by atomic mass is 10.2. The van der Waals surface area contributed by atoms with Crippen molar-refractivity contribution in [3.63, 3.8) is 0 Å². The molecule has 0 saturated heterocycles. The molecular weight excluding hydrogens is 244 g/mol. The van der Waals surface area contributed by atoms with Gasteiger partial charge in [-0.3, -0.25) is 0 Å². The van der Waals surface area contributed by atoms with Crippen molar-refractivity contribution in [2.24, 2.45) is 5.73 Å². The minimum absolute atomic E-state index is 0.403. The lowest BCUT2D eigenvalue weighted by molar-refractivity contribution is 0.424. The van der Waals surface area contributed by atoms with Crippen molar-refractivity contribution in [1.29, 1.82) is 0 Å². The largest absolute Gasteiger partial charge is 0.356 e. The van der Waals surface area contributed by atoms with Crippen molar-refractivity contribution in [3.05, 3.63) is 40.5 Å². The van der Waals surface area contributed by atoms with Crippen LogP contribution in [0, 0.1) is 0 Å². The van der Waals surface area contributed by atoms with Gasteiger partial charge in [0.2, 0.25) is 0 Å². The summed E-state index contributed by atoms with van der Waals surface area (Å²) in [6.45, 7) is 0.403. The normalized spacial score (nSPS) is 10.4. The fourth-order valence-electron chi connectivity index (χ4n) is 1.16. The Balaban J connectivity index is 2.34. The molecule has 2 rings (SSSR count). The number of aromatic nitrogens is 1. The number of benzene rings is 1. The van der Waals surface area contributed by atoms with E-state index in [1.54, 1.807) is 0 Å². The minimum Gasteiger partial charge on any atom is -0.356 e. The van der Waals surface area contributed by atoms with E-state index in [2.05, 4.69) is 21.1 Å². The Hall–Kier alpha value is -1.13. The van der Waals surface area contributed by atoms with Crippen LogP contribution in [-0.4, -0.2) is 5.16 Å². The highest BCUT2D eigenvalue weighted by atomic mass is 79.9. The molecule has 72 valence electrons. The second-order valence-electron chi connectivity index (χ2n) is 2.89. The van der Waals surface area contributed by atoms with Crippen molar-refractivity contribution in [2.75, 3.05) is 0 Å². The summed E-state index contributed by atoms with van der Waals surface area (Å²) in [5.41, 5.74) is 7.20. The Morgan fingerprint density at radius 1 is 1.29 bits per heavy atom. The summed E-state index contributed by atoms with van der Waals surface area (Å²) in [6.07, 6.45) is 0. The van der Waals surface area contributed by atoms with Gasteiger partial charge >= 0.3 is 0 Å². The van der Waals surface area contributed by atoms with Gasteiger partial charge in [-0.05, 0) is 12.1 Å². The van der Waals surface area contributed by atoms with E-state index in [0.29, 0.717) is 6.54 Å². The van der Waals surface area contributed by atoms with Gasteiger partial charge in [0.1, 0.15) is 0 Å². The smallest absolute Gasteiger partial charge is 0.167 e. The van der Waals surface area contributed by atoms with Crippen LogP contribution >= 0.6 is 15.9 Å². The van der Waals surface area contributed by atoms with Crippen LogP contribution in [0.15, 0.2) is 39.3 Å². The second kappa shape index (κ2) is 3.94. The maximum atomic E-state index is 5.44. The number of nitrogens with zero attached hydrogens (tertiary/aromatic N) is 1. The van der Waals surface area contributed by atoms with Crippen LogP contribution in [0.4, 0.5) is 0 Å². The summed E-state index contributed by atoms with van der Waals surface area (Å²) in [5, 5.41) is 3.82. The molecule has 1 heterocycles. The summed E-state index contributed by atoms with van der Waals surface area (Å²) < 4.78 is 6.18. The highest BCUT2D eigenvalue weighted by Gasteiger charge is 2.04. The minimum atomic E-state index is 0.403. The molecule has 2 aromatic rings. The van der Waals surface area contributed by atoms with Crippen LogP contribution in [0.25, 0.3) is 11.3 Å². The SMILES string of the molecule is NCc1cc(-c2ccc(Br)cc2)on1. The van der Waals surface area contributed by atoms with Gasteiger partial charge in [-0.2, -0.15) is 0 Å². The third-order valence-electron chi connectivity index (χ3n) is 1.90. The molecule has 1 aromatic carbocycles. The van der Waals surface area contributed by atoms with Gasteiger partial charge in [0.25, 0.3) is 0 Å². The molecule has 0 unspecified atom stereocenters. The van der Waals surface area contributed by atoms with Gasteiger partial charge in [0.15, 0.2) is 5.76 Å². The zero-order valence-corrected chi connectivity index (χ0v) is 8.99. The molecule has 0 saturated carbocycles. The lowest BCUT2D eigenvalue weighted by Gasteiger charge is -1.94. The van der Waals surface area contributed by atoms with E-state index in [9.17, 15) is 0 Å². The Morgan fingerprint density at radius 2 is 2.00 bits per heavy atom. The van der Waals surface area contributed by atoms with Gasteiger partial charge < -0.3 is 10.3 Å². The topological polar surface area (TPSA) is 52.0 Å². The Labute approximate surface area is 90.0 Å². The molecule has 0 aliphatic rings. The van der Waals surface area contributed by atoms with Crippen LogP contribution in [0.1, 0.15) is 5.69 Å². The zero-order chi connectivity index (χ0) is 9.97. The van der Waals surface area contributed by atoms with E-state index in [4.69, 9.17) is 10.3 Å². The first-order valence-electron chi connectivity index (χ1n) is 4.21. The molecule has 0 atom stereocenters. The van der Waals surface area contributed by atoms with Crippen molar-refractivity contribution < 1.29 is 4.52 Å². The first kappa shape index (κ1) is 9.43. The molecule has 0 spiro atoms. The van der Waals surface area contributed by atoms with Gasteiger partial charge in [-0.1, -0.05) is 33.2 Å². The number of rotatable bonds is 2. The number of nitrogens with two attached hydrogens (primary N) is 1. The predicted octanol–water partition coefficient (Wildman–Crippen LogP) is 2.56. The molecule has 14 heavy (non-hydrogen) atoms. The molecular formula is C10H9BrN2O. The van der Waals surface area contributed by atoms with Gasteiger partial charge in [0, 0.05) is 22.6 Å². The van der Waals surface area contributed by atoms with E-state index in [-0.39, 0.29) is 0 Å². The molecule has 0 fully saturated rings. The third-order valence-corrected chi connectivity index (χ3v) is 2.43. The summed E-state index contributed by atoms with van der Waals surface area (Å²) in [4.78, 5) is 0. The predicted molar refractivity (Wildman–Crippen MR) is 57.5 cm³/mol. The molecule has 0 bridgehead atoms. The average Bonchev–Trinajstić information content (AvgIpc) is 2.67. The van der Waals surface area contributed by atoms with Crippen LogP contribution in [0.2, 0.25) is 0 Å². The highest BCUT2D eigenvalue weighted by molar-refractivity contribution is 9.10. The molecule has 2 N–H and O–H groups in total. The van der Waals surface area contributed by atoms with Crippen molar-refractivity contribution in [3.8, 4) is 11.3 Å². The van der Waals surface area contributed by atoms with E-state index in [1.807, 2.05) is 30.3 Å². The molecule has 0 amide bonds. The van der Waals surface area contributed by atoms with Crippen molar-refractivity contribution in [2.45, 2.75) is 6.54 Å². The van der Waals surface area contributed by atoms with Crippen molar-refractivity contribution >= 4 is 15.9 Å². The number of hydrogen-bond donors (Lipinski definition) is 1. The van der Waals surface area contributed by atoms with Gasteiger partial charge in [0.05, 0.1) is 5.69 Å². The van der Waals surface area contributed by atoms with Crippen LogP contribution in [0.3, 0.4) is 0 Å². The maximum Gasteiger partial charge on any atom is 0.167 e. The van der Waals surface area contributed by atoms with Crippen LogP contribution in [0.5, 0.6) is 0 Å². The molecule has 4 heteroatoms. The third kappa shape index (κ3) is 1.86. The fraction of sp³-hybridized carbons (Fsp3) is 0.100. The quantitative estimate of drug-likeness (QED) is 0.894. The first-order chi connectivity index (χ1) is 6.79. The zero-order valence-electron chi connectivity index (χ0n) is 7.40.